The minimum absolute atomic E-state index is 0.0249. The van der Waals surface area contributed by atoms with Gasteiger partial charge in [-0.2, -0.15) is 0 Å². The predicted molar refractivity (Wildman–Crippen MR) is 120 cm³/mol. The van der Waals surface area contributed by atoms with E-state index in [2.05, 4.69) is 27.1 Å². The lowest BCUT2D eigenvalue weighted by Crippen LogP contribution is -2.55. The van der Waals surface area contributed by atoms with E-state index < -0.39 is 5.92 Å². The molecular formula is C22H27ClN6O2. The minimum Gasteiger partial charge on any atom is -0.350 e. The molecule has 0 unspecified atom stereocenters. The number of aromatic nitrogens is 2. The highest BCUT2D eigenvalue weighted by molar-refractivity contribution is 6.30. The van der Waals surface area contributed by atoms with Crippen molar-refractivity contribution in [2.75, 3.05) is 36.4 Å². The molecule has 2 amide bonds. The number of nitrogens with zero attached hydrogens (tertiary/aromatic N) is 4. The van der Waals surface area contributed by atoms with Crippen molar-refractivity contribution in [2.24, 2.45) is 5.73 Å². The normalized spacial score (nSPS) is 22.0. The van der Waals surface area contributed by atoms with Crippen molar-refractivity contribution in [3.63, 3.8) is 0 Å². The van der Waals surface area contributed by atoms with Gasteiger partial charge in [-0.15, -0.1) is 0 Å². The van der Waals surface area contributed by atoms with Crippen molar-refractivity contribution < 1.29 is 9.59 Å². The average molecular weight is 443 g/mol. The molecule has 0 aliphatic carbocycles. The van der Waals surface area contributed by atoms with Crippen LogP contribution >= 0.6 is 11.6 Å². The van der Waals surface area contributed by atoms with Gasteiger partial charge in [0.2, 0.25) is 11.8 Å². The minimum atomic E-state index is -0.391. The second-order valence-corrected chi connectivity index (χ2v) is 8.72. The van der Waals surface area contributed by atoms with E-state index in [1.807, 2.05) is 24.0 Å². The number of rotatable bonds is 4. The molecule has 2 aliphatic heterocycles. The summed E-state index contributed by atoms with van der Waals surface area (Å²) in [4.78, 5) is 38.0. The maximum atomic E-state index is 13.2. The Balaban J connectivity index is 1.52. The lowest BCUT2D eigenvalue weighted by atomic mass is 9.93. The predicted octanol–water partition coefficient (Wildman–Crippen LogP) is 2.36. The number of amides is 2. The summed E-state index contributed by atoms with van der Waals surface area (Å²) in [5.41, 5.74) is 7.81. The van der Waals surface area contributed by atoms with Gasteiger partial charge >= 0.3 is 0 Å². The van der Waals surface area contributed by atoms with E-state index in [1.165, 1.54) is 6.33 Å². The monoisotopic (exact) mass is 442 g/mol. The third kappa shape index (κ3) is 4.22. The van der Waals surface area contributed by atoms with Crippen LogP contribution in [0.3, 0.4) is 0 Å². The van der Waals surface area contributed by atoms with Crippen LogP contribution in [-0.4, -0.2) is 58.9 Å². The van der Waals surface area contributed by atoms with Gasteiger partial charge in [-0.05, 0) is 30.5 Å². The van der Waals surface area contributed by atoms with Gasteiger partial charge in [-0.1, -0.05) is 30.7 Å². The summed E-state index contributed by atoms with van der Waals surface area (Å²) in [5.74, 6) is 1.08. The largest absolute Gasteiger partial charge is 0.350 e. The lowest BCUT2D eigenvalue weighted by Gasteiger charge is -2.43. The van der Waals surface area contributed by atoms with Crippen LogP contribution in [0.5, 0.6) is 0 Å². The van der Waals surface area contributed by atoms with E-state index in [4.69, 9.17) is 17.3 Å². The smallest absolute Gasteiger partial charge is 0.231 e. The van der Waals surface area contributed by atoms with E-state index in [1.54, 1.807) is 12.1 Å². The van der Waals surface area contributed by atoms with Gasteiger partial charge < -0.3 is 20.9 Å². The fourth-order valence-corrected chi connectivity index (χ4v) is 4.63. The molecule has 2 aromatic rings. The molecule has 0 radical (unpaired) electrons. The van der Waals surface area contributed by atoms with Crippen LogP contribution in [0.15, 0.2) is 30.6 Å². The number of piperazine rings is 1. The van der Waals surface area contributed by atoms with E-state index in [-0.39, 0.29) is 30.3 Å². The second kappa shape index (κ2) is 8.80. The highest BCUT2D eigenvalue weighted by Crippen LogP contribution is 2.37. The van der Waals surface area contributed by atoms with Crippen LogP contribution in [0, 0.1) is 0 Å². The first kappa shape index (κ1) is 21.5. The second-order valence-electron chi connectivity index (χ2n) is 8.28. The first-order valence-corrected chi connectivity index (χ1v) is 10.9. The fourth-order valence-electron chi connectivity index (χ4n) is 4.50. The molecule has 0 saturated carbocycles. The zero-order chi connectivity index (χ0) is 22.1. The lowest BCUT2D eigenvalue weighted by molar-refractivity contribution is -0.133. The molecule has 1 saturated heterocycles. The number of fused-ring (bicyclic) bond motifs is 1. The van der Waals surface area contributed by atoms with Crippen LogP contribution in [0.2, 0.25) is 5.02 Å². The van der Waals surface area contributed by atoms with Gasteiger partial charge in [0.1, 0.15) is 18.0 Å². The number of halogens is 1. The molecule has 1 aromatic heterocycles. The number of nitrogens with one attached hydrogen (secondary N) is 1. The zero-order valence-electron chi connectivity index (χ0n) is 17.7. The molecule has 31 heavy (non-hydrogen) atoms. The van der Waals surface area contributed by atoms with Gasteiger partial charge in [0.25, 0.3) is 0 Å². The molecule has 164 valence electrons. The molecule has 3 heterocycles. The van der Waals surface area contributed by atoms with E-state index in [0.717, 1.165) is 16.9 Å². The Kier molecular flexibility index (Phi) is 6.11. The Hall–Kier alpha value is -2.71. The van der Waals surface area contributed by atoms with Crippen LogP contribution in [-0.2, 0) is 9.59 Å². The topological polar surface area (TPSA) is 104 Å². The summed E-state index contributed by atoms with van der Waals surface area (Å²) in [6, 6.07) is 7.35. The van der Waals surface area contributed by atoms with Crippen LogP contribution < -0.4 is 16.0 Å². The SMILES string of the molecule is C[C@@H]1CC(=O)Nc2ncnc(N3CCN(C(=O)[C@H](CN)c4ccc(Cl)cc4)C[C@H]3C)c21. The van der Waals surface area contributed by atoms with Crippen molar-refractivity contribution >= 4 is 35.1 Å². The molecule has 2 aliphatic rings. The molecular weight excluding hydrogens is 416 g/mol. The Bertz CT molecular complexity index is 982. The summed E-state index contributed by atoms with van der Waals surface area (Å²) in [7, 11) is 0. The Morgan fingerprint density at radius 1 is 1.26 bits per heavy atom. The highest BCUT2D eigenvalue weighted by atomic mass is 35.5. The van der Waals surface area contributed by atoms with Crippen LogP contribution in [0.4, 0.5) is 11.6 Å². The molecule has 9 heteroatoms. The van der Waals surface area contributed by atoms with E-state index >= 15 is 0 Å². The first-order valence-electron chi connectivity index (χ1n) is 10.5. The van der Waals surface area contributed by atoms with Crippen molar-refractivity contribution in [3.05, 3.63) is 46.7 Å². The molecule has 8 nitrogen and oxygen atoms in total. The van der Waals surface area contributed by atoms with E-state index in [9.17, 15) is 9.59 Å². The molecule has 4 rings (SSSR count). The Morgan fingerprint density at radius 2 is 2.00 bits per heavy atom. The number of hydrogen-bond donors (Lipinski definition) is 2. The first-order chi connectivity index (χ1) is 14.9. The highest BCUT2D eigenvalue weighted by Gasteiger charge is 2.35. The summed E-state index contributed by atoms with van der Waals surface area (Å²) in [6.07, 6.45) is 1.90. The maximum absolute atomic E-state index is 13.2. The van der Waals surface area contributed by atoms with Crippen molar-refractivity contribution in [1.82, 2.24) is 14.9 Å². The third-order valence-corrected chi connectivity index (χ3v) is 6.37. The third-order valence-electron chi connectivity index (χ3n) is 6.12. The summed E-state index contributed by atoms with van der Waals surface area (Å²) < 4.78 is 0. The molecule has 0 spiro atoms. The van der Waals surface area contributed by atoms with Gasteiger partial charge in [-0.25, -0.2) is 9.97 Å². The van der Waals surface area contributed by atoms with E-state index in [0.29, 0.717) is 36.9 Å². The average Bonchev–Trinajstić information content (AvgIpc) is 2.74. The zero-order valence-corrected chi connectivity index (χ0v) is 18.5. The number of hydrogen-bond acceptors (Lipinski definition) is 6. The Morgan fingerprint density at radius 3 is 2.68 bits per heavy atom. The molecule has 3 N–H and O–H groups in total. The van der Waals surface area contributed by atoms with Gasteiger partial charge in [0.15, 0.2) is 0 Å². The van der Waals surface area contributed by atoms with Crippen molar-refractivity contribution in [1.29, 1.82) is 0 Å². The Labute approximate surface area is 186 Å². The van der Waals surface area contributed by atoms with Crippen molar-refractivity contribution in [3.8, 4) is 0 Å². The van der Waals surface area contributed by atoms with Gasteiger partial charge in [-0.3, -0.25) is 9.59 Å². The van der Waals surface area contributed by atoms with Crippen molar-refractivity contribution in [2.45, 2.75) is 38.1 Å². The number of carbonyl (C=O) groups excluding carboxylic acids is 2. The maximum Gasteiger partial charge on any atom is 0.231 e. The van der Waals surface area contributed by atoms with Gasteiger partial charge in [0.05, 0.1) is 5.92 Å². The summed E-state index contributed by atoms with van der Waals surface area (Å²) in [6.45, 7) is 6.14. The quantitative estimate of drug-likeness (QED) is 0.753. The number of carbonyl (C=O) groups is 2. The molecule has 1 aromatic carbocycles. The molecule has 1 fully saturated rings. The number of anilines is 2. The molecule has 0 bridgehead atoms. The van der Waals surface area contributed by atoms with Crippen LogP contribution in [0.1, 0.15) is 43.2 Å². The standard InChI is InChI=1S/C22H27ClN6O2/c1-13-9-18(30)27-20-19(13)21(26-12-25-20)29-8-7-28(11-14(29)2)22(31)17(10-24)15-3-5-16(23)6-4-15/h3-6,12-14,17H,7-11,24H2,1-2H3,(H,25,26,27,30)/t13-,14-,17-/m1/s1. The molecule has 3 atom stereocenters. The number of benzene rings is 1. The van der Waals surface area contributed by atoms with Crippen LogP contribution in [0.25, 0.3) is 0 Å². The summed E-state index contributed by atoms with van der Waals surface area (Å²) in [5, 5.41) is 3.48. The van der Waals surface area contributed by atoms with Gasteiger partial charge in [0, 0.05) is 49.2 Å². The number of nitrogens with two attached hydrogens (primary N) is 1. The fraction of sp³-hybridized carbons (Fsp3) is 0.455. The summed E-state index contributed by atoms with van der Waals surface area (Å²) >= 11 is 5.98.